The van der Waals surface area contributed by atoms with Crippen LogP contribution in [0.15, 0.2) is 0 Å². The SMILES string of the molecule is CC(C)(C)CN1CCN(CC(C)(C)C)[P+]1=O. The lowest BCUT2D eigenvalue weighted by molar-refractivity contribution is 0.298. The molecule has 3 nitrogen and oxygen atoms in total. The molecular formula is C12H26N2OP+. The van der Waals surface area contributed by atoms with Crippen LogP contribution in [-0.4, -0.2) is 35.5 Å². The van der Waals surface area contributed by atoms with Crippen LogP contribution in [0.3, 0.4) is 0 Å². The highest BCUT2D eigenvalue weighted by Gasteiger charge is 2.45. The maximum atomic E-state index is 12.3. The summed E-state index contributed by atoms with van der Waals surface area (Å²) in [5, 5.41) is 0. The Morgan fingerprint density at radius 1 is 0.875 bits per heavy atom. The van der Waals surface area contributed by atoms with Gasteiger partial charge in [0.1, 0.15) is 0 Å². The molecule has 1 fully saturated rings. The average molecular weight is 245 g/mol. The Bertz CT molecular complexity index is 239. The van der Waals surface area contributed by atoms with E-state index in [1.807, 2.05) is 0 Å². The molecule has 0 saturated carbocycles. The van der Waals surface area contributed by atoms with Crippen molar-refractivity contribution in [1.82, 2.24) is 9.34 Å². The summed E-state index contributed by atoms with van der Waals surface area (Å²) >= 11 is 0. The Balaban J connectivity index is 2.55. The van der Waals surface area contributed by atoms with E-state index in [0.717, 1.165) is 26.2 Å². The number of hydrogen-bond donors (Lipinski definition) is 0. The molecule has 0 atom stereocenters. The van der Waals surface area contributed by atoms with Crippen molar-refractivity contribution in [3.63, 3.8) is 0 Å². The van der Waals surface area contributed by atoms with Crippen LogP contribution in [0, 0.1) is 10.8 Å². The topological polar surface area (TPSA) is 23.6 Å². The Morgan fingerprint density at radius 2 is 1.19 bits per heavy atom. The number of hydrogen-bond acceptors (Lipinski definition) is 1. The van der Waals surface area contributed by atoms with E-state index >= 15 is 0 Å². The predicted molar refractivity (Wildman–Crippen MR) is 69.7 cm³/mol. The van der Waals surface area contributed by atoms with Crippen LogP contribution in [-0.2, 0) is 4.57 Å². The third-order valence-corrected chi connectivity index (χ3v) is 4.06. The van der Waals surface area contributed by atoms with E-state index in [4.69, 9.17) is 0 Å². The Hall–Kier alpha value is 0.0200. The zero-order valence-corrected chi connectivity index (χ0v) is 12.5. The van der Waals surface area contributed by atoms with Gasteiger partial charge in [-0.2, -0.15) is 0 Å². The van der Waals surface area contributed by atoms with E-state index in [1.165, 1.54) is 0 Å². The van der Waals surface area contributed by atoms with Gasteiger partial charge in [-0.3, -0.25) is 0 Å². The molecule has 4 heteroatoms. The van der Waals surface area contributed by atoms with Crippen molar-refractivity contribution in [3.8, 4) is 0 Å². The molecule has 0 aromatic heterocycles. The average Bonchev–Trinajstić information content (AvgIpc) is 2.30. The van der Waals surface area contributed by atoms with E-state index in [0.29, 0.717) is 0 Å². The van der Waals surface area contributed by atoms with Gasteiger partial charge in [-0.05, 0) is 15.4 Å². The molecule has 1 aliphatic rings. The van der Waals surface area contributed by atoms with Gasteiger partial charge in [0, 0.05) is 13.1 Å². The summed E-state index contributed by atoms with van der Waals surface area (Å²) in [4.78, 5) is 0. The molecule has 0 radical (unpaired) electrons. The lowest BCUT2D eigenvalue weighted by Gasteiger charge is -2.20. The Morgan fingerprint density at radius 3 is 1.44 bits per heavy atom. The normalized spacial score (nSPS) is 20.8. The fourth-order valence-corrected chi connectivity index (χ4v) is 3.92. The van der Waals surface area contributed by atoms with Crippen molar-refractivity contribution in [2.24, 2.45) is 10.8 Å². The molecule has 0 spiro atoms. The van der Waals surface area contributed by atoms with Crippen LogP contribution < -0.4 is 0 Å². The second-order valence-corrected chi connectivity index (χ2v) is 8.79. The predicted octanol–water partition coefficient (Wildman–Crippen LogP) is 3.35. The van der Waals surface area contributed by atoms with Crippen LogP contribution >= 0.6 is 8.10 Å². The highest BCUT2D eigenvalue weighted by Crippen LogP contribution is 2.41. The van der Waals surface area contributed by atoms with Gasteiger partial charge in [0.2, 0.25) is 0 Å². The van der Waals surface area contributed by atoms with Gasteiger partial charge in [-0.15, -0.1) is 0 Å². The largest absolute Gasteiger partial charge is 0.537 e. The minimum absolute atomic E-state index is 0.225. The van der Waals surface area contributed by atoms with E-state index < -0.39 is 8.10 Å². The standard InChI is InChI=1S/C12H26N2OP/c1-11(2,3)9-13-7-8-14(16(13)15)10-12(4,5)6/h7-10H2,1-6H3/q+1. The van der Waals surface area contributed by atoms with Crippen LogP contribution in [0.5, 0.6) is 0 Å². The van der Waals surface area contributed by atoms with E-state index in [9.17, 15) is 4.57 Å². The van der Waals surface area contributed by atoms with Gasteiger partial charge >= 0.3 is 8.10 Å². The summed E-state index contributed by atoms with van der Waals surface area (Å²) in [6.45, 7) is 16.9. The lowest BCUT2D eigenvalue weighted by Crippen LogP contribution is -2.26. The minimum Gasteiger partial charge on any atom is -0.0770 e. The molecule has 0 unspecified atom stereocenters. The summed E-state index contributed by atoms with van der Waals surface area (Å²) in [6.07, 6.45) is 0. The molecule has 0 aromatic rings. The third kappa shape index (κ3) is 4.48. The van der Waals surface area contributed by atoms with Crippen molar-refractivity contribution in [1.29, 1.82) is 0 Å². The molecular weight excluding hydrogens is 219 g/mol. The summed E-state index contributed by atoms with van der Waals surface area (Å²) < 4.78 is 16.5. The van der Waals surface area contributed by atoms with Crippen LogP contribution in [0.1, 0.15) is 41.5 Å². The van der Waals surface area contributed by atoms with Gasteiger partial charge in [0.15, 0.2) is 0 Å². The number of nitrogens with zero attached hydrogens (tertiary/aromatic N) is 2. The second kappa shape index (κ2) is 4.72. The second-order valence-electron chi connectivity index (χ2n) is 7.15. The first-order valence-electron chi connectivity index (χ1n) is 6.05. The molecule has 0 bridgehead atoms. The molecule has 1 aliphatic heterocycles. The summed E-state index contributed by atoms with van der Waals surface area (Å²) in [5.74, 6) is 0. The minimum atomic E-state index is -1.30. The highest BCUT2D eigenvalue weighted by atomic mass is 31.1. The number of rotatable bonds is 2. The highest BCUT2D eigenvalue weighted by molar-refractivity contribution is 7.39. The van der Waals surface area contributed by atoms with Crippen molar-refractivity contribution in [3.05, 3.63) is 0 Å². The zero-order chi connectivity index (χ0) is 12.6. The van der Waals surface area contributed by atoms with E-state index in [2.05, 4.69) is 50.9 Å². The summed E-state index contributed by atoms with van der Waals surface area (Å²) in [5.41, 5.74) is 0.450. The summed E-state index contributed by atoms with van der Waals surface area (Å²) in [7, 11) is -1.30. The first-order chi connectivity index (χ1) is 7.08. The molecule has 16 heavy (non-hydrogen) atoms. The molecule has 1 heterocycles. The van der Waals surface area contributed by atoms with Crippen molar-refractivity contribution in [2.45, 2.75) is 41.5 Å². The Labute approximate surface area is 101 Å². The lowest BCUT2D eigenvalue weighted by atomic mass is 9.97. The fraction of sp³-hybridized carbons (Fsp3) is 1.00. The molecule has 0 aromatic carbocycles. The van der Waals surface area contributed by atoms with Crippen molar-refractivity contribution >= 4 is 8.10 Å². The van der Waals surface area contributed by atoms with Crippen LogP contribution in [0.4, 0.5) is 0 Å². The molecule has 1 rings (SSSR count). The molecule has 0 amide bonds. The quantitative estimate of drug-likeness (QED) is 0.697. The van der Waals surface area contributed by atoms with Gasteiger partial charge in [-0.25, -0.2) is 0 Å². The molecule has 0 N–H and O–H groups in total. The van der Waals surface area contributed by atoms with Gasteiger partial charge in [-0.1, -0.05) is 50.9 Å². The zero-order valence-electron chi connectivity index (χ0n) is 11.6. The summed E-state index contributed by atoms with van der Waals surface area (Å²) in [6, 6.07) is 0. The van der Waals surface area contributed by atoms with Gasteiger partial charge in [0.25, 0.3) is 0 Å². The van der Waals surface area contributed by atoms with Crippen LogP contribution in [0.25, 0.3) is 0 Å². The maximum absolute atomic E-state index is 12.3. The van der Waals surface area contributed by atoms with Crippen molar-refractivity contribution < 1.29 is 4.57 Å². The van der Waals surface area contributed by atoms with E-state index in [-0.39, 0.29) is 10.8 Å². The first kappa shape index (κ1) is 14.1. The van der Waals surface area contributed by atoms with Crippen LogP contribution in [0.2, 0.25) is 0 Å². The molecule has 94 valence electrons. The van der Waals surface area contributed by atoms with Gasteiger partial charge in [0.05, 0.1) is 13.1 Å². The monoisotopic (exact) mass is 245 g/mol. The molecule has 1 saturated heterocycles. The van der Waals surface area contributed by atoms with Crippen molar-refractivity contribution in [2.75, 3.05) is 26.2 Å². The Kier molecular flexibility index (Phi) is 4.15. The fourth-order valence-electron chi connectivity index (χ4n) is 1.96. The van der Waals surface area contributed by atoms with Gasteiger partial charge < -0.3 is 0 Å². The third-order valence-electron chi connectivity index (χ3n) is 2.41. The van der Waals surface area contributed by atoms with E-state index in [1.54, 1.807) is 0 Å². The first-order valence-corrected chi connectivity index (χ1v) is 7.22. The smallest absolute Gasteiger partial charge is 0.0770 e. The maximum Gasteiger partial charge on any atom is 0.537 e. The molecule has 0 aliphatic carbocycles.